The van der Waals surface area contributed by atoms with Gasteiger partial charge in [-0.2, -0.15) is 10.2 Å². The number of aromatic nitrogens is 4. The molecule has 0 aliphatic carbocycles. The summed E-state index contributed by atoms with van der Waals surface area (Å²) in [6.45, 7) is 7.30. The Balaban J connectivity index is 1.90. The molecule has 0 atom stereocenters. The van der Waals surface area contributed by atoms with E-state index in [1.807, 2.05) is 24.7 Å². The molecule has 8 heteroatoms. The molecule has 0 fully saturated rings. The van der Waals surface area contributed by atoms with Crippen LogP contribution in [-0.4, -0.2) is 34.5 Å². The van der Waals surface area contributed by atoms with Gasteiger partial charge in [0.05, 0.1) is 11.9 Å². The SMILES string of the molecule is CCn1cc(S(=O)(=O)NCCCn2cc(C)cn2)c(C)n1. The smallest absolute Gasteiger partial charge is 0.243 e. The molecule has 0 unspecified atom stereocenters. The van der Waals surface area contributed by atoms with Crippen molar-refractivity contribution in [2.45, 2.75) is 45.2 Å². The summed E-state index contributed by atoms with van der Waals surface area (Å²) in [6.07, 6.45) is 5.96. The van der Waals surface area contributed by atoms with Gasteiger partial charge in [-0.3, -0.25) is 9.36 Å². The molecule has 0 aliphatic rings. The molecule has 2 rings (SSSR count). The first-order chi connectivity index (χ1) is 9.92. The molecule has 0 spiro atoms. The normalized spacial score (nSPS) is 12.0. The second kappa shape index (κ2) is 6.40. The maximum Gasteiger partial charge on any atom is 0.243 e. The lowest BCUT2D eigenvalue weighted by Gasteiger charge is -2.05. The molecule has 2 aromatic heterocycles. The lowest BCUT2D eigenvalue weighted by molar-refractivity contribution is 0.552. The number of nitrogens with one attached hydrogen (secondary N) is 1. The Morgan fingerprint density at radius 2 is 2.00 bits per heavy atom. The molecule has 7 nitrogen and oxygen atoms in total. The van der Waals surface area contributed by atoms with Crippen molar-refractivity contribution in [2.24, 2.45) is 0 Å². The second-order valence-corrected chi connectivity index (χ2v) is 6.70. The highest BCUT2D eigenvalue weighted by Gasteiger charge is 2.19. The van der Waals surface area contributed by atoms with Gasteiger partial charge >= 0.3 is 0 Å². The van der Waals surface area contributed by atoms with E-state index in [9.17, 15) is 8.42 Å². The summed E-state index contributed by atoms with van der Waals surface area (Å²) in [4.78, 5) is 0.249. The van der Waals surface area contributed by atoms with Crippen molar-refractivity contribution in [3.63, 3.8) is 0 Å². The minimum absolute atomic E-state index is 0.249. The molecule has 0 saturated carbocycles. The third-order valence-electron chi connectivity index (χ3n) is 3.13. The van der Waals surface area contributed by atoms with Crippen molar-refractivity contribution in [3.8, 4) is 0 Å². The number of aryl methyl sites for hydroxylation is 4. The highest BCUT2D eigenvalue weighted by Crippen LogP contribution is 2.12. The predicted octanol–water partition coefficient (Wildman–Crippen LogP) is 1.08. The van der Waals surface area contributed by atoms with Crippen LogP contribution in [0.1, 0.15) is 24.6 Å². The maximum atomic E-state index is 12.2. The molecule has 116 valence electrons. The van der Waals surface area contributed by atoms with Gasteiger partial charge < -0.3 is 0 Å². The summed E-state index contributed by atoms with van der Waals surface area (Å²) in [7, 11) is -3.49. The minimum atomic E-state index is -3.49. The zero-order chi connectivity index (χ0) is 15.5. The monoisotopic (exact) mass is 311 g/mol. The molecule has 0 bridgehead atoms. The first-order valence-electron chi connectivity index (χ1n) is 6.95. The minimum Gasteiger partial charge on any atom is -0.272 e. The van der Waals surface area contributed by atoms with E-state index in [1.54, 1.807) is 24.0 Å². The standard InChI is InChI=1S/C13H21N5O2S/c1-4-17-10-13(12(3)16-17)21(19,20)15-6-5-7-18-9-11(2)8-14-18/h8-10,15H,4-7H2,1-3H3. The molecular formula is C13H21N5O2S. The van der Waals surface area contributed by atoms with Gasteiger partial charge in [0.15, 0.2) is 0 Å². The predicted molar refractivity (Wildman–Crippen MR) is 79.4 cm³/mol. The van der Waals surface area contributed by atoms with E-state index in [1.165, 1.54) is 0 Å². The van der Waals surface area contributed by atoms with Crippen LogP contribution in [0, 0.1) is 13.8 Å². The summed E-state index contributed by atoms with van der Waals surface area (Å²) >= 11 is 0. The van der Waals surface area contributed by atoms with Gasteiger partial charge in [0.1, 0.15) is 4.90 Å². The Morgan fingerprint density at radius 3 is 2.57 bits per heavy atom. The zero-order valence-electron chi connectivity index (χ0n) is 12.6. The Labute approximate surface area is 125 Å². The van der Waals surface area contributed by atoms with Crippen LogP contribution >= 0.6 is 0 Å². The number of nitrogens with zero attached hydrogens (tertiary/aromatic N) is 4. The van der Waals surface area contributed by atoms with Gasteiger partial charge in [-0.15, -0.1) is 0 Å². The maximum absolute atomic E-state index is 12.2. The van der Waals surface area contributed by atoms with Crippen LogP contribution in [0.2, 0.25) is 0 Å². The van der Waals surface area contributed by atoms with Crippen LogP contribution < -0.4 is 4.72 Å². The van der Waals surface area contributed by atoms with E-state index in [0.717, 1.165) is 5.56 Å². The number of hydrogen-bond acceptors (Lipinski definition) is 4. The topological polar surface area (TPSA) is 81.8 Å². The highest BCUT2D eigenvalue weighted by atomic mass is 32.2. The van der Waals surface area contributed by atoms with Crippen molar-refractivity contribution in [1.82, 2.24) is 24.3 Å². The summed E-state index contributed by atoms with van der Waals surface area (Å²) in [5.41, 5.74) is 1.62. The van der Waals surface area contributed by atoms with E-state index in [4.69, 9.17) is 0 Å². The fraction of sp³-hybridized carbons (Fsp3) is 0.538. The Kier molecular flexibility index (Phi) is 4.79. The van der Waals surface area contributed by atoms with Crippen molar-refractivity contribution in [2.75, 3.05) is 6.54 Å². The molecule has 21 heavy (non-hydrogen) atoms. The molecule has 0 amide bonds. The lowest BCUT2D eigenvalue weighted by atomic mass is 10.4. The average molecular weight is 311 g/mol. The van der Waals surface area contributed by atoms with Crippen molar-refractivity contribution >= 4 is 10.0 Å². The fourth-order valence-electron chi connectivity index (χ4n) is 2.04. The van der Waals surface area contributed by atoms with Crippen LogP contribution in [0.4, 0.5) is 0 Å². The number of hydrogen-bond donors (Lipinski definition) is 1. The van der Waals surface area contributed by atoms with Gasteiger partial charge in [-0.05, 0) is 32.8 Å². The lowest BCUT2D eigenvalue weighted by Crippen LogP contribution is -2.26. The van der Waals surface area contributed by atoms with Gasteiger partial charge in [-0.1, -0.05) is 0 Å². The summed E-state index contributed by atoms with van der Waals surface area (Å²) in [5.74, 6) is 0. The third kappa shape index (κ3) is 3.92. The van der Waals surface area contributed by atoms with Crippen LogP contribution in [0.3, 0.4) is 0 Å². The van der Waals surface area contributed by atoms with E-state index < -0.39 is 10.0 Å². The first-order valence-corrected chi connectivity index (χ1v) is 8.43. The van der Waals surface area contributed by atoms with Gasteiger partial charge in [-0.25, -0.2) is 13.1 Å². The summed E-state index contributed by atoms with van der Waals surface area (Å²) in [5, 5.41) is 8.32. The van der Waals surface area contributed by atoms with Crippen LogP contribution in [0.15, 0.2) is 23.5 Å². The van der Waals surface area contributed by atoms with Crippen molar-refractivity contribution in [1.29, 1.82) is 0 Å². The molecule has 0 saturated heterocycles. The molecular weight excluding hydrogens is 290 g/mol. The Bertz CT molecular complexity index is 702. The highest BCUT2D eigenvalue weighted by molar-refractivity contribution is 7.89. The second-order valence-electron chi connectivity index (χ2n) is 4.97. The van der Waals surface area contributed by atoms with Crippen molar-refractivity contribution in [3.05, 3.63) is 29.8 Å². The van der Waals surface area contributed by atoms with Gasteiger partial charge in [0.2, 0.25) is 10.0 Å². The van der Waals surface area contributed by atoms with E-state index >= 15 is 0 Å². The molecule has 0 radical (unpaired) electrons. The Morgan fingerprint density at radius 1 is 1.24 bits per heavy atom. The first kappa shape index (κ1) is 15.7. The van der Waals surface area contributed by atoms with Crippen LogP contribution in [0.25, 0.3) is 0 Å². The molecule has 2 aromatic rings. The molecule has 0 aliphatic heterocycles. The quantitative estimate of drug-likeness (QED) is 0.776. The van der Waals surface area contributed by atoms with E-state index in [-0.39, 0.29) is 4.90 Å². The summed E-state index contributed by atoms with van der Waals surface area (Å²) < 4.78 is 30.5. The Hall–Kier alpha value is -1.67. The number of sulfonamides is 1. The third-order valence-corrected chi connectivity index (χ3v) is 4.70. The van der Waals surface area contributed by atoms with Gasteiger partial charge in [0.25, 0.3) is 0 Å². The zero-order valence-corrected chi connectivity index (χ0v) is 13.4. The fourth-order valence-corrected chi connectivity index (χ4v) is 3.30. The van der Waals surface area contributed by atoms with E-state index in [2.05, 4.69) is 14.9 Å². The largest absolute Gasteiger partial charge is 0.272 e. The van der Waals surface area contributed by atoms with E-state index in [0.29, 0.717) is 31.7 Å². The molecule has 1 N–H and O–H groups in total. The number of rotatable bonds is 7. The van der Waals surface area contributed by atoms with Crippen molar-refractivity contribution < 1.29 is 8.42 Å². The van der Waals surface area contributed by atoms with Gasteiger partial charge in [0, 0.05) is 32.0 Å². The summed E-state index contributed by atoms with van der Waals surface area (Å²) in [6, 6.07) is 0. The van der Waals surface area contributed by atoms with Crippen LogP contribution in [-0.2, 0) is 23.1 Å². The molecule has 2 heterocycles. The molecule has 0 aromatic carbocycles. The average Bonchev–Trinajstić information content (AvgIpc) is 3.01. The van der Waals surface area contributed by atoms with Crippen LogP contribution in [0.5, 0.6) is 0 Å².